The molecule has 11 heavy (non-hydrogen) atoms. The minimum Gasteiger partial charge on any atom is -0.303 e. The van der Waals surface area contributed by atoms with Crippen LogP contribution in [0.2, 0.25) is 0 Å². The van der Waals surface area contributed by atoms with Gasteiger partial charge in [-0.1, -0.05) is 6.92 Å². The van der Waals surface area contributed by atoms with Crippen molar-refractivity contribution in [3.8, 4) is 11.8 Å². The molecule has 0 radical (unpaired) electrons. The third-order valence-electron chi connectivity index (χ3n) is 2.15. The summed E-state index contributed by atoms with van der Waals surface area (Å²) >= 11 is 0. The maximum atomic E-state index is 3.20. The second-order valence-corrected chi connectivity index (χ2v) is 2.99. The van der Waals surface area contributed by atoms with Crippen LogP contribution in [0.1, 0.15) is 32.6 Å². The van der Waals surface area contributed by atoms with Gasteiger partial charge in [-0.2, -0.15) is 0 Å². The molecule has 1 aliphatic heterocycles. The smallest absolute Gasteiger partial charge is 0.0217 e. The summed E-state index contributed by atoms with van der Waals surface area (Å²) < 4.78 is 0. The zero-order valence-corrected chi connectivity index (χ0v) is 7.40. The van der Waals surface area contributed by atoms with Crippen molar-refractivity contribution in [2.45, 2.75) is 32.6 Å². The Bertz CT molecular complexity index is 152. The van der Waals surface area contributed by atoms with Crippen molar-refractivity contribution in [2.24, 2.45) is 0 Å². The Labute approximate surface area is 69.8 Å². The molecule has 1 nitrogen and oxygen atoms in total. The van der Waals surface area contributed by atoms with Crippen LogP contribution < -0.4 is 0 Å². The first-order valence-electron chi connectivity index (χ1n) is 4.61. The monoisotopic (exact) mass is 151 g/mol. The lowest BCUT2D eigenvalue weighted by molar-refractivity contribution is 0.290. The summed E-state index contributed by atoms with van der Waals surface area (Å²) in [6.07, 6.45) is 4.78. The molecule has 1 heterocycles. The van der Waals surface area contributed by atoms with Crippen molar-refractivity contribution in [1.82, 2.24) is 4.90 Å². The van der Waals surface area contributed by atoms with E-state index in [4.69, 9.17) is 0 Å². The van der Waals surface area contributed by atoms with Crippen molar-refractivity contribution in [1.29, 1.82) is 0 Å². The Morgan fingerprint density at radius 2 is 1.91 bits per heavy atom. The molecule has 0 aromatic rings. The fraction of sp³-hybridized carbons (Fsp3) is 0.800. The quantitative estimate of drug-likeness (QED) is 0.517. The zero-order chi connectivity index (χ0) is 7.94. The van der Waals surface area contributed by atoms with Gasteiger partial charge in [0, 0.05) is 19.4 Å². The molecule has 0 spiro atoms. The first-order chi connectivity index (χ1) is 5.43. The highest BCUT2D eigenvalue weighted by atomic mass is 15.1. The van der Waals surface area contributed by atoms with E-state index in [1.165, 1.54) is 32.5 Å². The van der Waals surface area contributed by atoms with E-state index in [1.54, 1.807) is 0 Å². The molecular weight excluding hydrogens is 134 g/mol. The van der Waals surface area contributed by atoms with E-state index < -0.39 is 0 Å². The van der Waals surface area contributed by atoms with Gasteiger partial charge in [0.25, 0.3) is 0 Å². The SMILES string of the molecule is CCN1CCC#CCCCC1. The molecule has 1 heteroatoms. The average Bonchev–Trinajstić information content (AvgIpc) is 2.16. The largest absolute Gasteiger partial charge is 0.303 e. The van der Waals surface area contributed by atoms with Gasteiger partial charge in [0.1, 0.15) is 0 Å². The number of hydrogen-bond donors (Lipinski definition) is 0. The summed E-state index contributed by atoms with van der Waals surface area (Å²) in [7, 11) is 0. The molecule has 0 N–H and O–H groups in total. The van der Waals surface area contributed by atoms with Crippen molar-refractivity contribution in [3.63, 3.8) is 0 Å². The molecule has 0 aromatic heterocycles. The maximum absolute atomic E-state index is 3.20. The Morgan fingerprint density at radius 1 is 1.09 bits per heavy atom. The molecule has 0 fully saturated rings. The summed E-state index contributed by atoms with van der Waals surface area (Å²) in [6, 6.07) is 0. The maximum Gasteiger partial charge on any atom is 0.0217 e. The third-order valence-corrected chi connectivity index (χ3v) is 2.15. The Hall–Kier alpha value is -0.480. The zero-order valence-electron chi connectivity index (χ0n) is 7.40. The van der Waals surface area contributed by atoms with Crippen LogP contribution >= 0.6 is 0 Å². The van der Waals surface area contributed by atoms with E-state index in [9.17, 15) is 0 Å². The lowest BCUT2D eigenvalue weighted by Crippen LogP contribution is -2.25. The molecule has 62 valence electrons. The molecule has 0 amide bonds. The standard InChI is InChI=1S/C10H17N/c1-2-11-9-7-5-3-4-6-8-10-11/h2-3,5,7-10H2,1H3. The molecular formula is C10H17N. The summed E-state index contributed by atoms with van der Waals surface area (Å²) in [5.41, 5.74) is 0. The fourth-order valence-electron chi connectivity index (χ4n) is 1.37. The van der Waals surface area contributed by atoms with Crippen LogP contribution in [0.25, 0.3) is 0 Å². The first-order valence-corrected chi connectivity index (χ1v) is 4.61. The van der Waals surface area contributed by atoms with Gasteiger partial charge in [0.05, 0.1) is 0 Å². The molecule has 0 saturated carbocycles. The predicted octanol–water partition coefficient (Wildman–Crippen LogP) is 1.89. The number of nitrogens with zero attached hydrogens (tertiary/aromatic N) is 1. The lowest BCUT2D eigenvalue weighted by atomic mass is 10.2. The van der Waals surface area contributed by atoms with E-state index >= 15 is 0 Å². The van der Waals surface area contributed by atoms with Crippen LogP contribution in [-0.4, -0.2) is 24.5 Å². The Balaban J connectivity index is 2.31. The molecule has 0 aliphatic carbocycles. The van der Waals surface area contributed by atoms with Gasteiger partial charge >= 0.3 is 0 Å². The molecule has 0 unspecified atom stereocenters. The fourth-order valence-corrected chi connectivity index (χ4v) is 1.37. The van der Waals surface area contributed by atoms with Gasteiger partial charge in [-0.25, -0.2) is 0 Å². The molecule has 0 atom stereocenters. The van der Waals surface area contributed by atoms with Crippen molar-refractivity contribution in [2.75, 3.05) is 19.6 Å². The van der Waals surface area contributed by atoms with Crippen molar-refractivity contribution >= 4 is 0 Å². The van der Waals surface area contributed by atoms with Gasteiger partial charge in [-0.3, -0.25) is 0 Å². The summed E-state index contributed by atoms with van der Waals surface area (Å²) in [5, 5.41) is 0. The van der Waals surface area contributed by atoms with E-state index in [0.717, 1.165) is 12.8 Å². The molecule has 0 bridgehead atoms. The van der Waals surface area contributed by atoms with Crippen LogP contribution in [-0.2, 0) is 0 Å². The van der Waals surface area contributed by atoms with E-state index in [2.05, 4.69) is 23.7 Å². The van der Waals surface area contributed by atoms with E-state index in [1.807, 2.05) is 0 Å². The Kier molecular flexibility index (Phi) is 4.08. The minimum atomic E-state index is 1.06. The predicted molar refractivity (Wildman–Crippen MR) is 48.4 cm³/mol. The van der Waals surface area contributed by atoms with Crippen LogP contribution in [0.4, 0.5) is 0 Å². The van der Waals surface area contributed by atoms with Gasteiger partial charge in [-0.05, 0) is 25.9 Å². The summed E-state index contributed by atoms with van der Waals surface area (Å²) in [6.45, 7) is 5.84. The Morgan fingerprint density at radius 3 is 2.73 bits per heavy atom. The van der Waals surface area contributed by atoms with Crippen molar-refractivity contribution in [3.05, 3.63) is 0 Å². The summed E-state index contributed by atoms with van der Waals surface area (Å²) in [4.78, 5) is 2.49. The van der Waals surface area contributed by atoms with Gasteiger partial charge < -0.3 is 4.90 Å². The molecule has 0 aromatic carbocycles. The minimum absolute atomic E-state index is 1.06. The van der Waals surface area contributed by atoms with Crippen LogP contribution in [0, 0.1) is 11.8 Å². The first kappa shape index (κ1) is 8.62. The molecule has 1 rings (SSSR count). The lowest BCUT2D eigenvalue weighted by Gasteiger charge is -2.17. The van der Waals surface area contributed by atoms with E-state index in [0.29, 0.717) is 0 Å². The van der Waals surface area contributed by atoms with Gasteiger partial charge in [0.2, 0.25) is 0 Å². The number of rotatable bonds is 1. The molecule has 0 saturated heterocycles. The second kappa shape index (κ2) is 5.21. The van der Waals surface area contributed by atoms with Crippen LogP contribution in [0.3, 0.4) is 0 Å². The van der Waals surface area contributed by atoms with Gasteiger partial charge in [0.15, 0.2) is 0 Å². The third kappa shape index (κ3) is 3.43. The van der Waals surface area contributed by atoms with Crippen LogP contribution in [0.5, 0.6) is 0 Å². The highest BCUT2D eigenvalue weighted by Crippen LogP contribution is 2.01. The normalized spacial score (nSPS) is 20.8. The van der Waals surface area contributed by atoms with Crippen molar-refractivity contribution < 1.29 is 0 Å². The number of hydrogen-bond acceptors (Lipinski definition) is 1. The summed E-state index contributed by atoms with van der Waals surface area (Å²) in [5.74, 6) is 6.40. The highest BCUT2D eigenvalue weighted by Gasteiger charge is 2.00. The van der Waals surface area contributed by atoms with Crippen LogP contribution in [0.15, 0.2) is 0 Å². The average molecular weight is 151 g/mol. The highest BCUT2D eigenvalue weighted by molar-refractivity contribution is 4.99. The van der Waals surface area contributed by atoms with E-state index in [-0.39, 0.29) is 0 Å². The van der Waals surface area contributed by atoms with Gasteiger partial charge in [-0.15, -0.1) is 11.8 Å². The second-order valence-electron chi connectivity index (χ2n) is 2.99. The topological polar surface area (TPSA) is 3.24 Å². The molecule has 1 aliphatic rings.